The van der Waals surface area contributed by atoms with Crippen LogP contribution in [-0.4, -0.2) is 44.1 Å². The molecule has 0 aliphatic carbocycles. The number of nitrogens with zero attached hydrogens (tertiary/aromatic N) is 2. The third-order valence-electron chi connectivity index (χ3n) is 6.46. The van der Waals surface area contributed by atoms with Crippen molar-refractivity contribution < 1.29 is 9.53 Å². The summed E-state index contributed by atoms with van der Waals surface area (Å²) in [6.45, 7) is 8.00. The number of hydrogen-bond acceptors (Lipinski definition) is 5. The molecule has 2 atom stereocenters. The maximum atomic E-state index is 13.3. The molecule has 5 heteroatoms. The van der Waals surface area contributed by atoms with Crippen molar-refractivity contribution in [3.8, 4) is 5.75 Å². The molecule has 0 amide bonds. The molecule has 0 saturated carbocycles. The fraction of sp³-hybridized carbons (Fsp3) is 0.500. The van der Waals surface area contributed by atoms with Gasteiger partial charge in [0.25, 0.3) is 0 Å². The Labute approximate surface area is 173 Å². The normalized spacial score (nSPS) is 22.0. The van der Waals surface area contributed by atoms with Crippen LogP contribution in [-0.2, 0) is 0 Å². The number of anilines is 1. The Hall–Kier alpha value is -2.40. The summed E-state index contributed by atoms with van der Waals surface area (Å²) in [4.78, 5) is 20.5. The zero-order chi connectivity index (χ0) is 20.2. The van der Waals surface area contributed by atoms with E-state index < -0.39 is 0 Å². The molecule has 0 radical (unpaired) electrons. The average molecular weight is 394 g/mol. The number of benzene rings is 1. The van der Waals surface area contributed by atoms with Gasteiger partial charge >= 0.3 is 0 Å². The molecule has 0 spiro atoms. The number of carbonyl (C=O) groups excluding carboxylic acids is 1. The molecule has 2 aromatic rings. The van der Waals surface area contributed by atoms with Crippen molar-refractivity contribution in [3.05, 3.63) is 42.5 Å². The van der Waals surface area contributed by atoms with E-state index in [0.29, 0.717) is 18.3 Å². The Morgan fingerprint density at radius 2 is 2.17 bits per heavy atom. The van der Waals surface area contributed by atoms with E-state index in [9.17, 15) is 4.79 Å². The lowest BCUT2D eigenvalue weighted by atomic mass is 9.82. The van der Waals surface area contributed by atoms with Crippen LogP contribution in [0, 0.1) is 11.8 Å². The van der Waals surface area contributed by atoms with Gasteiger partial charge in [0.2, 0.25) is 0 Å². The zero-order valence-electron chi connectivity index (χ0n) is 17.3. The minimum atomic E-state index is 0.201. The standard InChI is InChI=1S/C24H31N3O2/c1-3-17-16-25-11-10-18(17)6-9-23(28)21-15-24(27-12-4-5-13-27)26-22-8-7-19(29-2)14-20(21)22/h3,7-8,14-15,17-18,25H,1,4-6,9-13,16H2,2H3. The predicted molar refractivity (Wildman–Crippen MR) is 118 cm³/mol. The summed E-state index contributed by atoms with van der Waals surface area (Å²) in [7, 11) is 1.65. The summed E-state index contributed by atoms with van der Waals surface area (Å²) in [5.74, 6) is 2.86. The summed E-state index contributed by atoms with van der Waals surface area (Å²) < 4.78 is 5.40. The first kappa shape index (κ1) is 19.9. The van der Waals surface area contributed by atoms with Crippen LogP contribution in [0.5, 0.6) is 5.75 Å². The molecule has 3 heterocycles. The van der Waals surface area contributed by atoms with E-state index in [1.54, 1.807) is 7.11 Å². The van der Waals surface area contributed by atoms with Crippen molar-refractivity contribution in [3.63, 3.8) is 0 Å². The number of ether oxygens (including phenoxy) is 1. The van der Waals surface area contributed by atoms with Crippen molar-refractivity contribution in [2.45, 2.75) is 32.1 Å². The summed E-state index contributed by atoms with van der Waals surface area (Å²) in [6.07, 6.45) is 6.98. The molecule has 2 aliphatic rings. The highest BCUT2D eigenvalue weighted by molar-refractivity contribution is 6.08. The minimum absolute atomic E-state index is 0.201. The summed E-state index contributed by atoms with van der Waals surface area (Å²) in [5, 5.41) is 4.32. The Morgan fingerprint density at radius 1 is 1.34 bits per heavy atom. The van der Waals surface area contributed by atoms with E-state index in [-0.39, 0.29) is 5.78 Å². The lowest BCUT2D eigenvalue weighted by molar-refractivity contribution is 0.0968. The van der Waals surface area contributed by atoms with Gasteiger partial charge in [-0.05, 0) is 68.3 Å². The number of carbonyl (C=O) groups is 1. The van der Waals surface area contributed by atoms with Crippen LogP contribution in [0.4, 0.5) is 5.82 Å². The first-order valence-electron chi connectivity index (χ1n) is 10.8. The molecule has 154 valence electrons. The molecular formula is C24H31N3O2. The van der Waals surface area contributed by atoms with E-state index in [4.69, 9.17) is 9.72 Å². The topological polar surface area (TPSA) is 54.5 Å². The molecule has 29 heavy (non-hydrogen) atoms. The van der Waals surface area contributed by atoms with Crippen molar-refractivity contribution in [1.29, 1.82) is 0 Å². The van der Waals surface area contributed by atoms with Crippen LogP contribution in [0.2, 0.25) is 0 Å². The molecule has 1 aromatic heterocycles. The first-order valence-corrected chi connectivity index (χ1v) is 10.8. The number of pyridine rings is 1. The fourth-order valence-corrected chi connectivity index (χ4v) is 4.68. The van der Waals surface area contributed by atoms with E-state index in [0.717, 1.165) is 67.1 Å². The Morgan fingerprint density at radius 3 is 2.93 bits per heavy atom. The molecule has 5 nitrogen and oxygen atoms in total. The number of aromatic nitrogens is 1. The maximum Gasteiger partial charge on any atom is 0.163 e. The van der Waals surface area contributed by atoms with Gasteiger partial charge in [-0.1, -0.05) is 6.08 Å². The van der Waals surface area contributed by atoms with Crippen molar-refractivity contribution in [2.75, 3.05) is 38.2 Å². The van der Waals surface area contributed by atoms with Crippen LogP contribution in [0.3, 0.4) is 0 Å². The van der Waals surface area contributed by atoms with Crippen LogP contribution in [0.1, 0.15) is 42.5 Å². The highest BCUT2D eigenvalue weighted by atomic mass is 16.5. The highest BCUT2D eigenvalue weighted by Crippen LogP contribution is 2.31. The van der Waals surface area contributed by atoms with E-state index >= 15 is 0 Å². The molecule has 2 aliphatic heterocycles. The smallest absolute Gasteiger partial charge is 0.163 e. The number of hydrogen-bond donors (Lipinski definition) is 1. The quantitative estimate of drug-likeness (QED) is 0.564. The van der Waals surface area contributed by atoms with Crippen molar-refractivity contribution in [1.82, 2.24) is 10.3 Å². The van der Waals surface area contributed by atoms with Gasteiger partial charge < -0.3 is 15.0 Å². The Balaban J connectivity index is 1.62. The number of piperidine rings is 1. The van der Waals surface area contributed by atoms with Gasteiger partial charge in [0.15, 0.2) is 5.78 Å². The Bertz CT molecular complexity index is 889. The average Bonchev–Trinajstić information content (AvgIpc) is 3.31. The van der Waals surface area contributed by atoms with Gasteiger partial charge in [-0.3, -0.25) is 4.79 Å². The summed E-state index contributed by atoms with van der Waals surface area (Å²) in [5.41, 5.74) is 1.64. The second-order valence-electron chi connectivity index (χ2n) is 8.22. The monoisotopic (exact) mass is 393 g/mol. The third-order valence-corrected chi connectivity index (χ3v) is 6.46. The first-order chi connectivity index (χ1) is 14.2. The van der Waals surface area contributed by atoms with Crippen LogP contribution in [0.15, 0.2) is 36.9 Å². The second-order valence-corrected chi connectivity index (χ2v) is 8.22. The van der Waals surface area contributed by atoms with Crippen molar-refractivity contribution in [2.24, 2.45) is 11.8 Å². The number of fused-ring (bicyclic) bond motifs is 1. The molecular weight excluding hydrogens is 362 g/mol. The largest absolute Gasteiger partial charge is 0.497 e. The predicted octanol–water partition coefficient (Wildman–Crippen LogP) is 4.22. The van der Waals surface area contributed by atoms with Gasteiger partial charge in [-0.25, -0.2) is 4.98 Å². The van der Waals surface area contributed by atoms with Crippen LogP contribution < -0.4 is 15.0 Å². The van der Waals surface area contributed by atoms with Gasteiger partial charge in [0.1, 0.15) is 11.6 Å². The van der Waals surface area contributed by atoms with Crippen molar-refractivity contribution >= 4 is 22.5 Å². The molecule has 0 bridgehead atoms. The molecule has 1 N–H and O–H groups in total. The lowest BCUT2D eigenvalue weighted by Gasteiger charge is -2.30. The van der Waals surface area contributed by atoms with Gasteiger partial charge in [-0.2, -0.15) is 0 Å². The minimum Gasteiger partial charge on any atom is -0.497 e. The number of ketones is 1. The summed E-state index contributed by atoms with van der Waals surface area (Å²) >= 11 is 0. The summed E-state index contributed by atoms with van der Waals surface area (Å²) in [6, 6.07) is 7.83. The maximum absolute atomic E-state index is 13.3. The van der Waals surface area contributed by atoms with E-state index in [2.05, 4.69) is 16.8 Å². The number of methoxy groups -OCH3 is 1. The van der Waals surface area contributed by atoms with Gasteiger partial charge in [0, 0.05) is 37.0 Å². The van der Waals surface area contributed by atoms with Crippen LogP contribution in [0.25, 0.3) is 10.9 Å². The third kappa shape index (κ3) is 4.30. The van der Waals surface area contributed by atoms with Crippen LogP contribution >= 0.6 is 0 Å². The second kappa shape index (κ2) is 8.95. The molecule has 2 saturated heterocycles. The Kier molecular flexibility index (Phi) is 6.14. The lowest BCUT2D eigenvalue weighted by Crippen LogP contribution is -2.35. The van der Waals surface area contributed by atoms with E-state index in [1.165, 1.54) is 12.8 Å². The molecule has 2 fully saturated rings. The van der Waals surface area contributed by atoms with Gasteiger partial charge in [0.05, 0.1) is 12.6 Å². The van der Waals surface area contributed by atoms with Gasteiger partial charge in [-0.15, -0.1) is 6.58 Å². The molecule has 1 aromatic carbocycles. The fourth-order valence-electron chi connectivity index (χ4n) is 4.68. The zero-order valence-corrected chi connectivity index (χ0v) is 17.3. The SMILES string of the molecule is C=CC1CNCCC1CCC(=O)c1cc(N2CCCC2)nc2ccc(OC)cc12. The number of nitrogens with one attached hydrogen (secondary N) is 1. The highest BCUT2D eigenvalue weighted by Gasteiger charge is 2.24. The van der Waals surface area contributed by atoms with E-state index in [1.807, 2.05) is 30.3 Å². The number of Topliss-reactive ketones (excluding diaryl/α,β-unsaturated/α-hetero) is 1. The molecule has 4 rings (SSSR count). The molecule has 2 unspecified atom stereocenters. The number of rotatable bonds is 7.